The largest absolute Gasteiger partial charge is 0.354 e. The van der Waals surface area contributed by atoms with E-state index in [0.717, 1.165) is 23.1 Å². The van der Waals surface area contributed by atoms with Gasteiger partial charge in [-0.15, -0.1) is 11.3 Å². The number of sulfonamides is 1. The summed E-state index contributed by atoms with van der Waals surface area (Å²) in [6, 6.07) is 7.15. The number of benzene rings is 1. The van der Waals surface area contributed by atoms with Crippen LogP contribution in [0, 0.1) is 20.8 Å². The van der Waals surface area contributed by atoms with Crippen molar-refractivity contribution >= 4 is 27.3 Å². The first kappa shape index (κ1) is 20.0. The van der Waals surface area contributed by atoms with Gasteiger partial charge in [0, 0.05) is 18.0 Å². The normalized spacial score (nSPS) is 18.0. The van der Waals surface area contributed by atoms with Gasteiger partial charge in [-0.3, -0.25) is 4.79 Å². The minimum atomic E-state index is -3.70. The van der Waals surface area contributed by atoms with Gasteiger partial charge >= 0.3 is 0 Å². The van der Waals surface area contributed by atoms with Gasteiger partial charge in [0.1, 0.15) is 6.04 Å². The van der Waals surface area contributed by atoms with Crippen molar-refractivity contribution < 1.29 is 13.2 Å². The average molecular weight is 407 g/mol. The zero-order valence-corrected chi connectivity index (χ0v) is 17.6. The molecule has 0 spiro atoms. The second kappa shape index (κ2) is 8.12. The Balaban J connectivity index is 1.76. The van der Waals surface area contributed by atoms with Crippen LogP contribution in [0.5, 0.6) is 0 Å². The van der Waals surface area contributed by atoms with Gasteiger partial charge in [0.25, 0.3) is 0 Å². The number of hydrogen-bond donors (Lipinski definition) is 1. The molecule has 1 aromatic heterocycles. The van der Waals surface area contributed by atoms with Crippen LogP contribution in [0.3, 0.4) is 0 Å². The molecule has 0 saturated carbocycles. The van der Waals surface area contributed by atoms with Gasteiger partial charge in [-0.1, -0.05) is 23.8 Å². The summed E-state index contributed by atoms with van der Waals surface area (Å²) in [5, 5.41) is 4.92. The van der Waals surface area contributed by atoms with E-state index < -0.39 is 16.1 Å². The van der Waals surface area contributed by atoms with E-state index in [0.29, 0.717) is 30.8 Å². The molecule has 1 amide bonds. The second-order valence-corrected chi connectivity index (χ2v) is 9.98. The number of carbonyl (C=O) groups excluding carboxylic acids is 1. The number of thiophene rings is 1. The Kier molecular flexibility index (Phi) is 6.03. The van der Waals surface area contributed by atoms with Crippen LogP contribution >= 0.6 is 11.3 Å². The summed E-state index contributed by atoms with van der Waals surface area (Å²) < 4.78 is 28.0. The van der Waals surface area contributed by atoms with Gasteiger partial charge in [0.2, 0.25) is 15.9 Å². The molecule has 3 rings (SSSR count). The summed E-state index contributed by atoms with van der Waals surface area (Å²) in [4.78, 5) is 14.2. The fraction of sp³-hybridized carbons (Fsp3) is 0.450. The highest BCUT2D eigenvalue weighted by atomic mass is 32.2. The summed E-state index contributed by atoms with van der Waals surface area (Å²) in [6.07, 6.45) is 2.03. The maximum absolute atomic E-state index is 13.3. The van der Waals surface area contributed by atoms with Crippen molar-refractivity contribution in [1.82, 2.24) is 9.62 Å². The fourth-order valence-electron chi connectivity index (χ4n) is 3.86. The van der Waals surface area contributed by atoms with E-state index in [2.05, 4.69) is 5.32 Å². The lowest BCUT2D eigenvalue weighted by molar-refractivity contribution is -0.124. The SMILES string of the molecule is Cc1cc(C)c(S(=O)(=O)N2CCCC2C(=O)NCCc2cccs2)c(C)c1. The minimum Gasteiger partial charge on any atom is -0.354 e. The molecule has 1 aromatic carbocycles. The molecule has 5 nitrogen and oxygen atoms in total. The molecule has 146 valence electrons. The number of rotatable bonds is 6. The highest BCUT2D eigenvalue weighted by Crippen LogP contribution is 2.30. The lowest BCUT2D eigenvalue weighted by Crippen LogP contribution is -2.46. The topological polar surface area (TPSA) is 66.5 Å². The van der Waals surface area contributed by atoms with E-state index in [4.69, 9.17) is 0 Å². The van der Waals surface area contributed by atoms with Crippen LogP contribution in [-0.4, -0.2) is 37.8 Å². The number of amides is 1. The summed E-state index contributed by atoms with van der Waals surface area (Å²) in [5.41, 5.74) is 2.50. The average Bonchev–Trinajstić information content (AvgIpc) is 3.25. The first-order chi connectivity index (χ1) is 12.8. The third-order valence-corrected chi connectivity index (χ3v) is 8.08. The third-order valence-electron chi connectivity index (χ3n) is 4.93. The van der Waals surface area contributed by atoms with Crippen LogP contribution in [0.4, 0.5) is 0 Å². The Bertz CT molecular complexity index is 898. The Morgan fingerprint density at radius 2 is 1.96 bits per heavy atom. The number of carbonyl (C=O) groups is 1. The first-order valence-corrected chi connectivity index (χ1v) is 11.5. The van der Waals surface area contributed by atoms with E-state index in [1.165, 1.54) is 9.18 Å². The molecule has 0 radical (unpaired) electrons. The molecule has 1 fully saturated rings. The highest BCUT2D eigenvalue weighted by molar-refractivity contribution is 7.89. The number of aryl methyl sites for hydroxylation is 3. The number of hydrogen-bond acceptors (Lipinski definition) is 4. The van der Waals surface area contributed by atoms with Crippen LogP contribution in [-0.2, 0) is 21.2 Å². The van der Waals surface area contributed by atoms with Crippen LogP contribution in [0.1, 0.15) is 34.4 Å². The summed E-state index contributed by atoms with van der Waals surface area (Å²) in [7, 11) is -3.70. The molecular weight excluding hydrogens is 380 g/mol. The third kappa shape index (κ3) is 4.25. The van der Waals surface area contributed by atoms with E-state index in [9.17, 15) is 13.2 Å². The molecule has 1 aliphatic rings. The van der Waals surface area contributed by atoms with Crippen molar-refractivity contribution in [2.75, 3.05) is 13.1 Å². The van der Waals surface area contributed by atoms with Crippen molar-refractivity contribution in [3.63, 3.8) is 0 Å². The molecule has 2 heterocycles. The van der Waals surface area contributed by atoms with Gasteiger partial charge in [0.05, 0.1) is 4.90 Å². The van der Waals surface area contributed by atoms with E-state index in [-0.39, 0.29) is 5.91 Å². The van der Waals surface area contributed by atoms with Gasteiger partial charge < -0.3 is 5.32 Å². The molecule has 1 unspecified atom stereocenters. The van der Waals surface area contributed by atoms with Crippen LogP contribution < -0.4 is 5.32 Å². The highest BCUT2D eigenvalue weighted by Gasteiger charge is 2.40. The van der Waals surface area contributed by atoms with E-state index in [1.807, 2.05) is 50.4 Å². The van der Waals surface area contributed by atoms with Crippen LogP contribution in [0.15, 0.2) is 34.5 Å². The zero-order valence-electron chi connectivity index (χ0n) is 16.0. The van der Waals surface area contributed by atoms with Gasteiger partial charge in [-0.25, -0.2) is 8.42 Å². The van der Waals surface area contributed by atoms with Gasteiger partial charge in [-0.2, -0.15) is 4.31 Å². The van der Waals surface area contributed by atoms with Gasteiger partial charge in [-0.05, 0) is 62.6 Å². The lowest BCUT2D eigenvalue weighted by Gasteiger charge is -2.25. The molecule has 2 aromatic rings. The zero-order chi connectivity index (χ0) is 19.6. The molecule has 1 atom stereocenters. The van der Waals surface area contributed by atoms with Crippen molar-refractivity contribution in [2.24, 2.45) is 0 Å². The first-order valence-electron chi connectivity index (χ1n) is 9.20. The van der Waals surface area contributed by atoms with Crippen LogP contribution in [0.25, 0.3) is 0 Å². The molecule has 1 aliphatic heterocycles. The smallest absolute Gasteiger partial charge is 0.244 e. The second-order valence-electron chi connectivity index (χ2n) is 7.12. The molecule has 0 bridgehead atoms. The Labute approximate surface area is 165 Å². The molecular formula is C20H26N2O3S2. The Morgan fingerprint density at radius 1 is 1.26 bits per heavy atom. The number of nitrogens with zero attached hydrogens (tertiary/aromatic N) is 1. The van der Waals surface area contributed by atoms with Gasteiger partial charge in [0.15, 0.2) is 0 Å². The summed E-state index contributed by atoms with van der Waals surface area (Å²) in [5.74, 6) is -0.199. The minimum absolute atomic E-state index is 0.199. The molecule has 1 saturated heterocycles. The molecule has 1 N–H and O–H groups in total. The Hall–Kier alpha value is -1.70. The monoisotopic (exact) mass is 406 g/mol. The summed E-state index contributed by atoms with van der Waals surface area (Å²) >= 11 is 1.66. The van der Waals surface area contributed by atoms with Crippen molar-refractivity contribution in [1.29, 1.82) is 0 Å². The maximum Gasteiger partial charge on any atom is 0.244 e. The standard InChI is InChI=1S/C20H26N2O3S2/c1-14-12-15(2)19(16(3)13-14)27(24,25)22-10-4-7-18(22)20(23)21-9-8-17-6-5-11-26-17/h5-6,11-13,18H,4,7-10H2,1-3H3,(H,21,23). The van der Waals surface area contributed by atoms with Crippen molar-refractivity contribution in [3.05, 3.63) is 51.2 Å². The lowest BCUT2D eigenvalue weighted by atomic mass is 10.1. The summed E-state index contributed by atoms with van der Waals surface area (Å²) in [6.45, 7) is 6.50. The molecule has 0 aliphatic carbocycles. The maximum atomic E-state index is 13.3. The Morgan fingerprint density at radius 3 is 2.59 bits per heavy atom. The predicted molar refractivity (Wildman–Crippen MR) is 109 cm³/mol. The van der Waals surface area contributed by atoms with Crippen molar-refractivity contribution in [3.8, 4) is 0 Å². The van der Waals surface area contributed by atoms with Crippen molar-refractivity contribution in [2.45, 2.75) is 51.0 Å². The van der Waals surface area contributed by atoms with E-state index in [1.54, 1.807) is 11.3 Å². The quantitative estimate of drug-likeness (QED) is 0.801. The predicted octanol–water partition coefficient (Wildman–Crippen LogP) is 3.19. The van der Waals surface area contributed by atoms with E-state index >= 15 is 0 Å². The molecule has 27 heavy (non-hydrogen) atoms. The fourth-order valence-corrected chi connectivity index (χ4v) is 6.64. The van der Waals surface area contributed by atoms with Crippen LogP contribution in [0.2, 0.25) is 0 Å². The number of nitrogens with one attached hydrogen (secondary N) is 1. The molecule has 7 heteroatoms.